The Labute approximate surface area is 112 Å². The van der Waals surface area contributed by atoms with Gasteiger partial charge in [0.25, 0.3) is 0 Å². The van der Waals surface area contributed by atoms with Gasteiger partial charge in [-0.25, -0.2) is 0 Å². The van der Waals surface area contributed by atoms with Crippen LogP contribution in [0, 0.1) is 30.6 Å². The maximum atomic E-state index is 3.93. The van der Waals surface area contributed by atoms with E-state index in [1.807, 2.05) is 11.3 Å². The molecule has 1 unspecified atom stereocenters. The first-order valence-corrected chi connectivity index (χ1v) is 7.64. The second-order valence-corrected chi connectivity index (χ2v) is 8.64. The highest BCUT2D eigenvalue weighted by Gasteiger charge is 2.67. The monoisotopic (exact) mass is 300 g/mol. The van der Waals surface area contributed by atoms with E-state index in [1.54, 1.807) is 0 Å². The topological polar surface area (TPSA) is 0 Å². The van der Waals surface area contributed by atoms with Crippen LogP contribution in [-0.2, 0) is 0 Å². The third-order valence-electron chi connectivity index (χ3n) is 4.80. The maximum absolute atomic E-state index is 3.93. The molecule has 16 heavy (non-hydrogen) atoms. The van der Waals surface area contributed by atoms with Crippen LogP contribution >= 0.6 is 27.3 Å². The van der Waals surface area contributed by atoms with Crippen LogP contribution in [0.15, 0.2) is 6.07 Å². The van der Waals surface area contributed by atoms with Gasteiger partial charge in [0.05, 0.1) is 0 Å². The van der Waals surface area contributed by atoms with Crippen LogP contribution in [-0.4, -0.2) is 0 Å². The van der Waals surface area contributed by atoms with Gasteiger partial charge >= 0.3 is 0 Å². The van der Waals surface area contributed by atoms with Crippen LogP contribution in [0.4, 0.5) is 0 Å². The Kier molecular flexibility index (Phi) is 2.83. The molecule has 1 atom stereocenters. The van der Waals surface area contributed by atoms with Crippen molar-refractivity contribution in [1.29, 1.82) is 0 Å². The summed E-state index contributed by atoms with van der Waals surface area (Å²) in [4.78, 5) is 3.41. The minimum atomic E-state index is 0.448. The van der Waals surface area contributed by atoms with Crippen LogP contribution in [0.3, 0.4) is 0 Å². The van der Waals surface area contributed by atoms with Crippen molar-refractivity contribution in [2.24, 2.45) is 16.7 Å². The maximum Gasteiger partial charge on any atom is 0.0445 e. The standard InChI is InChI=1S/C14H21BrS/c1-8-7-10(9(2)16-8)11(15)12-13(3,4)14(12,5)6/h7,11-12H,1-6H3. The number of alkyl halides is 1. The number of thiophene rings is 1. The first-order chi connectivity index (χ1) is 7.19. The Morgan fingerprint density at radius 1 is 1.19 bits per heavy atom. The second kappa shape index (κ2) is 3.58. The summed E-state index contributed by atoms with van der Waals surface area (Å²) in [6.45, 7) is 14.0. The number of halogens is 1. The first kappa shape index (κ1) is 12.6. The zero-order valence-electron chi connectivity index (χ0n) is 11.0. The zero-order valence-corrected chi connectivity index (χ0v) is 13.4. The van der Waals surface area contributed by atoms with Gasteiger partial charge in [-0.15, -0.1) is 11.3 Å². The fourth-order valence-corrected chi connectivity index (χ4v) is 6.00. The van der Waals surface area contributed by atoms with E-state index in [-0.39, 0.29) is 0 Å². The fourth-order valence-electron chi connectivity index (χ4n) is 3.08. The summed E-state index contributed by atoms with van der Waals surface area (Å²) in [5.41, 5.74) is 2.40. The predicted molar refractivity (Wildman–Crippen MR) is 76.5 cm³/mol. The molecule has 0 bridgehead atoms. The van der Waals surface area contributed by atoms with Gasteiger partial charge in [0.15, 0.2) is 0 Å². The van der Waals surface area contributed by atoms with E-state index < -0.39 is 0 Å². The number of aryl methyl sites for hydroxylation is 2. The molecular formula is C14H21BrS. The minimum Gasteiger partial charge on any atom is -0.146 e. The summed E-state index contributed by atoms with van der Waals surface area (Å²) in [5.74, 6) is 0.743. The van der Waals surface area contributed by atoms with Gasteiger partial charge in [-0.1, -0.05) is 43.6 Å². The van der Waals surface area contributed by atoms with Crippen molar-refractivity contribution >= 4 is 27.3 Å². The number of hydrogen-bond acceptors (Lipinski definition) is 1. The zero-order chi connectivity index (χ0) is 12.3. The summed E-state index contributed by atoms with van der Waals surface area (Å²) >= 11 is 5.85. The van der Waals surface area contributed by atoms with Crippen molar-refractivity contribution in [1.82, 2.24) is 0 Å². The SMILES string of the molecule is Cc1cc(C(Br)C2C(C)(C)C2(C)C)c(C)s1. The lowest BCUT2D eigenvalue weighted by Crippen LogP contribution is -1.99. The molecule has 0 aromatic carbocycles. The van der Waals surface area contributed by atoms with Crippen molar-refractivity contribution in [3.63, 3.8) is 0 Å². The largest absolute Gasteiger partial charge is 0.146 e. The predicted octanol–water partition coefficient (Wildman–Crippen LogP) is 5.48. The average molecular weight is 301 g/mol. The molecule has 1 heterocycles. The van der Waals surface area contributed by atoms with Gasteiger partial charge in [0, 0.05) is 14.6 Å². The molecule has 0 radical (unpaired) electrons. The summed E-state index contributed by atoms with van der Waals surface area (Å²) < 4.78 is 0. The average Bonchev–Trinajstić information content (AvgIpc) is 2.37. The molecule has 0 amide bonds. The van der Waals surface area contributed by atoms with Gasteiger partial charge in [0.1, 0.15) is 0 Å². The van der Waals surface area contributed by atoms with E-state index in [9.17, 15) is 0 Å². The molecule has 1 aromatic heterocycles. The van der Waals surface area contributed by atoms with Gasteiger partial charge in [-0.2, -0.15) is 0 Å². The van der Waals surface area contributed by atoms with Gasteiger partial charge < -0.3 is 0 Å². The third kappa shape index (κ3) is 1.60. The highest BCUT2D eigenvalue weighted by atomic mass is 79.9. The van der Waals surface area contributed by atoms with E-state index in [0.717, 1.165) is 5.92 Å². The van der Waals surface area contributed by atoms with Crippen molar-refractivity contribution < 1.29 is 0 Å². The van der Waals surface area contributed by atoms with Crippen LogP contribution < -0.4 is 0 Å². The van der Waals surface area contributed by atoms with E-state index in [4.69, 9.17) is 0 Å². The Morgan fingerprint density at radius 3 is 2.00 bits per heavy atom. The Balaban J connectivity index is 2.29. The summed E-state index contributed by atoms with van der Waals surface area (Å²) in [6, 6.07) is 2.35. The molecule has 1 aromatic rings. The number of hydrogen-bond donors (Lipinski definition) is 0. The lowest BCUT2D eigenvalue weighted by molar-refractivity contribution is 0.457. The smallest absolute Gasteiger partial charge is 0.0445 e. The highest BCUT2D eigenvalue weighted by Crippen LogP contribution is 2.74. The van der Waals surface area contributed by atoms with Crippen molar-refractivity contribution in [2.45, 2.75) is 46.4 Å². The molecule has 1 aliphatic carbocycles. The molecule has 0 N–H and O–H groups in total. The van der Waals surface area contributed by atoms with Crippen LogP contribution in [0.25, 0.3) is 0 Å². The Hall–Kier alpha value is 0.180. The summed E-state index contributed by atoms with van der Waals surface area (Å²) in [5, 5.41) is 0. The van der Waals surface area contributed by atoms with E-state index in [1.165, 1.54) is 15.3 Å². The van der Waals surface area contributed by atoms with Crippen molar-refractivity contribution in [3.05, 3.63) is 21.4 Å². The lowest BCUT2D eigenvalue weighted by atomic mass is 10.0. The molecule has 0 spiro atoms. The molecule has 2 heteroatoms. The van der Waals surface area contributed by atoms with Crippen molar-refractivity contribution in [3.8, 4) is 0 Å². The van der Waals surface area contributed by atoms with E-state index >= 15 is 0 Å². The van der Waals surface area contributed by atoms with Crippen LogP contribution in [0.1, 0.15) is 47.8 Å². The molecule has 2 rings (SSSR count). The van der Waals surface area contributed by atoms with Crippen molar-refractivity contribution in [2.75, 3.05) is 0 Å². The summed E-state index contributed by atoms with van der Waals surface area (Å²) in [6.07, 6.45) is 0. The highest BCUT2D eigenvalue weighted by molar-refractivity contribution is 9.09. The van der Waals surface area contributed by atoms with Gasteiger partial charge in [-0.05, 0) is 42.2 Å². The lowest BCUT2D eigenvalue weighted by Gasteiger charge is -2.11. The fraction of sp³-hybridized carbons (Fsp3) is 0.714. The molecule has 0 saturated heterocycles. The molecule has 1 fully saturated rings. The molecule has 0 nitrogen and oxygen atoms in total. The summed E-state index contributed by atoms with van der Waals surface area (Å²) in [7, 11) is 0. The van der Waals surface area contributed by atoms with Crippen LogP contribution in [0.2, 0.25) is 0 Å². The minimum absolute atomic E-state index is 0.448. The third-order valence-corrected chi connectivity index (χ3v) is 6.81. The second-order valence-electron chi connectivity index (χ2n) is 6.19. The van der Waals surface area contributed by atoms with Gasteiger partial charge in [-0.3, -0.25) is 0 Å². The van der Waals surface area contributed by atoms with E-state index in [2.05, 4.69) is 63.5 Å². The molecule has 1 aliphatic rings. The number of rotatable bonds is 2. The molecule has 1 saturated carbocycles. The first-order valence-electron chi connectivity index (χ1n) is 5.90. The molecule has 90 valence electrons. The van der Waals surface area contributed by atoms with E-state index in [0.29, 0.717) is 15.7 Å². The Morgan fingerprint density at radius 2 is 1.69 bits per heavy atom. The van der Waals surface area contributed by atoms with Gasteiger partial charge in [0.2, 0.25) is 0 Å². The molecular weight excluding hydrogens is 280 g/mol. The quantitative estimate of drug-likeness (QED) is 0.634. The van der Waals surface area contributed by atoms with Crippen LogP contribution in [0.5, 0.6) is 0 Å². The normalized spacial score (nSPS) is 24.4. The Bertz CT molecular complexity index is 400. The molecule has 0 aliphatic heterocycles.